The summed E-state index contributed by atoms with van der Waals surface area (Å²) in [5, 5.41) is 45.5. The molecule has 2 saturated heterocycles. The van der Waals surface area contributed by atoms with Crippen LogP contribution in [0.2, 0.25) is 0 Å². The van der Waals surface area contributed by atoms with Gasteiger partial charge >= 0.3 is 0 Å². The van der Waals surface area contributed by atoms with E-state index >= 15 is 0 Å². The molecule has 32 heavy (non-hydrogen) atoms. The fraction of sp³-hybridized carbons (Fsp3) is 1.00. The highest BCUT2D eigenvalue weighted by molar-refractivity contribution is 5.06. The molecule has 3 fully saturated rings. The summed E-state index contributed by atoms with van der Waals surface area (Å²) < 4.78 is 23.0. The molecule has 0 aromatic heterocycles. The molecule has 13 N–H and O–H groups in total. The highest BCUT2D eigenvalue weighted by Gasteiger charge is 2.53. The van der Waals surface area contributed by atoms with E-state index in [2.05, 4.69) is 5.32 Å². The van der Waals surface area contributed by atoms with Crippen LogP contribution in [-0.4, -0.2) is 120 Å². The second kappa shape index (κ2) is 10.4. The Morgan fingerprint density at radius 3 is 2.12 bits per heavy atom. The molecule has 0 aromatic carbocycles. The molecule has 1 aliphatic carbocycles. The Balaban J connectivity index is 1.73. The second-order valence-corrected chi connectivity index (χ2v) is 9.23. The predicted molar refractivity (Wildman–Crippen MR) is 112 cm³/mol. The average Bonchev–Trinajstić information content (AvgIpc) is 2.75. The van der Waals surface area contributed by atoms with Gasteiger partial charge in [-0.15, -0.1) is 0 Å². The molecule has 2 aliphatic heterocycles. The first-order valence-corrected chi connectivity index (χ1v) is 11.0. The van der Waals surface area contributed by atoms with Crippen LogP contribution in [0.5, 0.6) is 0 Å². The van der Waals surface area contributed by atoms with Gasteiger partial charge < -0.3 is 67.6 Å². The van der Waals surface area contributed by atoms with Crippen molar-refractivity contribution in [2.24, 2.45) is 22.9 Å². The van der Waals surface area contributed by atoms with Gasteiger partial charge in [0.2, 0.25) is 0 Å². The van der Waals surface area contributed by atoms with Gasteiger partial charge in [-0.3, -0.25) is 0 Å². The Hall–Kier alpha value is -0.520. The van der Waals surface area contributed by atoms with Crippen LogP contribution in [0.4, 0.5) is 0 Å². The third kappa shape index (κ3) is 5.10. The molecule has 0 spiro atoms. The van der Waals surface area contributed by atoms with Gasteiger partial charge in [-0.1, -0.05) is 0 Å². The number of likely N-dealkylation sites (N-methyl/N-ethyl adjacent to an activating group) is 1. The normalized spacial score (nSPS) is 52.7. The van der Waals surface area contributed by atoms with E-state index < -0.39 is 72.9 Å². The SMILES string of the molecule is CN[C@@H]1C(O)[C@H](O[C@H]2C(O)C(O[C@@H]3OC(CN)CCC3N)[C@@H](N)C(O)[C@H]2N)OC[C@]1(C)O. The third-order valence-electron chi connectivity index (χ3n) is 6.71. The van der Waals surface area contributed by atoms with Gasteiger partial charge in [0.15, 0.2) is 12.6 Å². The Morgan fingerprint density at radius 2 is 1.56 bits per heavy atom. The summed E-state index contributed by atoms with van der Waals surface area (Å²) in [5.74, 6) is 0. The molecule has 3 aliphatic rings. The van der Waals surface area contributed by atoms with E-state index in [-0.39, 0.29) is 12.7 Å². The average molecular weight is 466 g/mol. The van der Waals surface area contributed by atoms with Crippen molar-refractivity contribution in [3.8, 4) is 0 Å². The molecular weight excluding hydrogens is 426 g/mol. The van der Waals surface area contributed by atoms with E-state index in [0.29, 0.717) is 19.4 Å². The van der Waals surface area contributed by atoms with Gasteiger partial charge in [0, 0.05) is 6.54 Å². The van der Waals surface area contributed by atoms with Gasteiger partial charge in [0.05, 0.1) is 43.0 Å². The number of rotatable bonds is 6. The molecule has 0 bridgehead atoms. The van der Waals surface area contributed by atoms with Crippen LogP contribution >= 0.6 is 0 Å². The number of aliphatic hydroxyl groups excluding tert-OH is 3. The van der Waals surface area contributed by atoms with Crippen molar-refractivity contribution < 1.29 is 39.4 Å². The highest BCUT2D eigenvalue weighted by atomic mass is 16.7. The smallest absolute Gasteiger partial charge is 0.185 e. The van der Waals surface area contributed by atoms with Gasteiger partial charge in [0.1, 0.15) is 30.0 Å². The van der Waals surface area contributed by atoms with Crippen molar-refractivity contribution >= 4 is 0 Å². The van der Waals surface area contributed by atoms with Crippen LogP contribution in [0.15, 0.2) is 0 Å². The molecule has 13 nitrogen and oxygen atoms in total. The minimum atomic E-state index is -1.39. The lowest BCUT2D eigenvalue weighted by molar-refractivity contribution is -0.312. The van der Waals surface area contributed by atoms with Crippen molar-refractivity contribution in [1.29, 1.82) is 0 Å². The Morgan fingerprint density at radius 1 is 0.969 bits per heavy atom. The molecule has 0 radical (unpaired) electrons. The molecule has 0 aromatic rings. The first kappa shape index (κ1) is 26.1. The minimum absolute atomic E-state index is 0.133. The highest BCUT2D eigenvalue weighted by Crippen LogP contribution is 2.31. The lowest BCUT2D eigenvalue weighted by atomic mass is 9.81. The summed E-state index contributed by atoms with van der Waals surface area (Å²) in [4.78, 5) is 0. The summed E-state index contributed by atoms with van der Waals surface area (Å²) in [7, 11) is 1.58. The maximum Gasteiger partial charge on any atom is 0.185 e. The van der Waals surface area contributed by atoms with E-state index in [1.807, 2.05) is 0 Å². The zero-order chi connectivity index (χ0) is 23.8. The fourth-order valence-corrected chi connectivity index (χ4v) is 4.68. The van der Waals surface area contributed by atoms with E-state index in [1.165, 1.54) is 6.92 Å². The number of nitrogens with two attached hydrogens (primary N) is 4. The van der Waals surface area contributed by atoms with Crippen LogP contribution in [0.25, 0.3) is 0 Å². The maximum absolute atomic E-state index is 11.0. The zero-order valence-electron chi connectivity index (χ0n) is 18.5. The van der Waals surface area contributed by atoms with Gasteiger partial charge in [-0.2, -0.15) is 0 Å². The van der Waals surface area contributed by atoms with Crippen LogP contribution in [0.1, 0.15) is 19.8 Å². The van der Waals surface area contributed by atoms with Gasteiger partial charge in [-0.25, -0.2) is 0 Å². The maximum atomic E-state index is 11.0. The fourth-order valence-electron chi connectivity index (χ4n) is 4.68. The summed E-state index contributed by atoms with van der Waals surface area (Å²) in [5.41, 5.74) is 22.7. The summed E-state index contributed by atoms with van der Waals surface area (Å²) >= 11 is 0. The number of hydrogen-bond donors (Lipinski definition) is 9. The van der Waals surface area contributed by atoms with Crippen LogP contribution in [0, 0.1) is 0 Å². The van der Waals surface area contributed by atoms with Crippen LogP contribution < -0.4 is 28.3 Å². The van der Waals surface area contributed by atoms with E-state index in [0.717, 1.165) is 0 Å². The van der Waals surface area contributed by atoms with Crippen LogP contribution in [0.3, 0.4) is 0 Å². The van der Waals surface area contributed by atoms with Crippen molar-refractivity contribution in [2.75, 3.05) is 20.2 Å². The lowest BCUT2D eigenvalue weighted by Crippen LogP contribution is -2.72. The monoisotopic (exact) mass is 465 g/mol. The van der Waals surface area contributed by atoms with E-state index in [9.17, 15) is 20.4 Å². The molecule has 3 rings (SSSR count). The minimum Gasteiger partial charge on any atom is -0.390 e. The molecule has 188 valence electrons. The Labute approximate surface area is 187 Å². The first-order chi connectivity index (χ1) is 15.0. The van der Waals surface area contributed by atoms with Crippen LogP contribution in [-0.2, 0) is 18.9 Å². The van der Waals surface area contributed by atoms with E-state index in [1.54, 1.807) is 7.05 Å². The first-order valence-electron chi connectivity index (χ1n) is 11.0. The van der Waals surface area contributed by atoms with Crippen molar-refractivity contribution in [2.45, 2.75) is 98.7 Å². The number of aliphatic hydroxyl groups is 4. The Bertz CT molecular complexity index is 618. The summed E-state index contributed by atoms with van der Waals surface area (Å²) in [6.45, 7) is 1.67. The molecule has 1 saturated carbocycles. The standard InChI is InChI=1S/C19H39N5O8/c1-19(28)6-29-18(13(27)16(19)24-2)32-15-10(23)11(25)9(22)14(12(15)26)31-17-8(21)4-3-7(5-20)30-17/h7-18,24-28H,3-6,20-23H2,1-2H3/t7?,8?,9-,10+,11?,12?,13?,14?,15+,16+,17-,18-,19-/m0/s1. The van der Waals surface area contributed by atoms with E-state index in [4.69, 9.17) is 41.9 Å². The number of ether oxygens (including phenoxy) is 4. The molecule has 0 amide bonds. The molecule has 13 heteroatoms. The molecule has 13 atom stereocenters. The largest absolute Gasteiger partial charge is 0.390 e. The lowest BCUT2D eigenvalue weighted by Gasteiger charge is -2.49. The van der Waals surface area contributed by atoms with Gasteiger partial charge in [-0.05, 0) is 26.8 Å². The van der Waals surface area contributed by atoms with Crippen molar-refractivity contribution in [3.63, 3.8) is 0 Å². The summed E-state index contributed by atoms with van der Waals surface area (Å²) in [6, 6.07) is -3.37. The Kier molecular flexibility index (Phi) is 8.48. The molecule has 6 unspecified atom stereocenters. The predicted octanol–water partition coefficient (Wildman–Crippen LogP) is -5.01. The summed E-state index contributed by atoms with van der Waals surface area (Å²) in [6.07, 6.45) is -7.33. The number of hydrogen-bond acceptors (Lipinski definition) is 13. The topological polar surface area (TPSA) is 234 Å². The second-order valence-electron chi connectivity index (χ2n) is 9.23. The molecule has 2 heterocycles. The quantitative estimate of drug-likeness (QED) is 0.179. The van der Waals surface area contributed by atoms with Crippen molar-refractivity contribution in [1.82, 2.24) is 5.32 Å². The van der Waals surface area contributed by atoms with Crippen molar-refractivity contribution in [3.05, 3.63) is 0 Å². The third-order valence-corrected chi connectivity index (χ3v) is 6.71. The van der Waals surface area contributed by atoms with Gasteiger partial charge in [0.25, 0.3) is 0 Å². The number of nitrogens with one attached hydrogen (secondary N) is 1. The zero-order valence-corrected chi connectivity index (χ0v) is 18.5. The molecular formula is C19H39N5O8.